The smallest absolute Gasteiger partial charge is 0.227 e. The number of rotatable bonds is 5. The number of oxazole rings is 1. The van der Waals surface area contributed by atoms with Gasteiger partial charge >= 0.3 is 0 Å². The second-order valence-corrected chi connectivity index (χ2v) is 13.0. The highest BCUT2D eigenvalue weighted by Crippen LogP contribution is 2.39. The summed E-state index contributed by atoms with van der Waals surface area (Å²) < 4.78 is 18.7. The number of fused-ring (bicyclic) bond motifs is 7. The van der Waals surface area contributed by atoms with E-state index in [9.17, 15) is 0 Å². The molecule has 0 unspecified atom stereocenters. The summed E-state index contributed by atoms with van der Waals surface area (Å²) in [5.41, 5.74) is 10.4. The van der Waals surface area contributed by atoms with Crippen molar-refractivity contribution in [1.29, 1.82) is 0 Å². The van der Waals surface area contributed by atoms with E-state index in [0.29, 0.717) is 23.4 Å². The third-order valence-electron chi connectivity index (χ3n) is 9.80. The van der Waals surface area contributed by atoms with E-state index in [1.807, 2.05) is 115 Å². The van der Waals surface area contributed by atoms with Gasteiger partial charge < -0.3 is 13.3 Å². The summed E-state index contributed by atoms with van der Waals surface area (Å²) in [6.07, 6.45) is 0. The van der Waals surface area contributed by atoms with Gasteiger partial charge in [-0.2, -0.15) is 0 Å². The molecule has 0 aliphatic heterocycles. The summed E-state index contributed by atoms with van der Waals surface area (Å²) >= 11 is 0. The van der Waals surface area contributed by atoms with Crippen LogP contribution in [-0.4, -0.2) is 19.9 Å². The highest BCUT2D eigenvalue weighted by Gasteiger charge is 2.19. The number of hydrogen-bond donors (Lipinski definition) is 0. The Hall–Kier alpha value is -7.38. The number of furan rings is 2. The Morgan fingerprint density at radius 3 is 1.83 bits per heavy atom. The molecule has 11 rings (SSSR count). The minimum Gasteiger partial charge on any atom is -0.456 e. The van der Waals surface area contributed by atoms with Crippen LogP contribution in [0.2, 0.25) is 0 Å². The monoisotopic (exact) mass is 682 g/mol. The molecule has 248 valence electrons. The van der Waals surface area contributed by atoms with Gasteiger partial charge in [0.2, 0.25) is 5.89 Å². The molecular weight excluding hydrogens is 657 g/mol. The molecule has 11 aromatic rings. The number of nitrogens with zero attached hydrogens (tertiary/aromatic N) is 4. The van der Waals surface area contributed by atoms with Gasteiger partial charge in [0, 0.05) is 43.8 Å². The van der Waals surface area contributed by atoms with Crippen molar-refractivity contribution in [3.8, 4) is 56.7 Å². The number of aromatic nitrogens is 4. The van der Waals surface area contributed by atoms with Crippen molar-refractivity contribution >= 4 is 55.0 Å². The lowest BCUT2D eigenvalue weighted by molar-refractivity contribution is 0.620. The molecule has 0 N–H and O–H groups in total. The van der Waals surface area contributed by atoms with Gasteiger partial charge in [-0.1, -0.05) is 97.1 Å². The summed E-state index contributed by atoms with van der Waals surface area (Å²) in [6.45, 7) is 0. The minimum atomic E-state index is 0.556. The van der Waals surface area contributed by atoms with Gasteiger partial charge in [-0.25, -0.2) is 19.9 Å². The third-order valence-corrected chi connectivity index (χ3v) is 9.80. The fraction of sp³-hybridized carbons (Fsp3) is 0. The fourth-order valence-electron chi connectivity index (χ4n) is 7.20. The summed E-state index contributed by atoms with van der Waals surface area (Å²) in [7, 11) is 0. The highest BCUT2D eigenvalue weighted by atomic mass is 16.3. The predicted molar refractivity (Wildman–Crippen MR) is 209 cm³/mol. The molecule has 0 saturated heterocycles. The molecule has 7 heteroatoms. The van der Waals surface area contributed by atoms with Crippen LogP contribution in [0.4, 0.5) is 0 Å². The normalized spacial score (nSPS) is 11.8. The number of hydrogen-bond acceptors (Lipinski definition) is 7. The summed E-state index contributed by atoms with van der Waals surface area (Å²) in [4.78, 5) is 19.8. The lowest BCUT2D eigenvalue weighted by Gasteiger charge is -2.09. The van der Waals surface area contributed by atoms with Crippen LogP contribution >= 0.6 is 0 Å². The average molecular weight is 683 g/mol. The number of para-hydroxylation sites is 3. The maximum atomic E-state index is 6.41. The van der Waals surface area contributed by atoms with Crippen molar-refractivity contribution in [3.05, 3.63) is 158 Å². The Morgan fingerprint density at radius 2 is 0.962 bits per heavy atom. The third kappa shape index (κ3) is 4.90. The Bertz CT molecular complexity index is 3140. The molecule has 0 atom stereocenters. The first-order valence-electron chi connectivity index (χ1n) is 17.4. The Labute approximate surface area is 301 Å². The van der Waals surface area contributed by atoms with Crippen LogP contribution in [-0.2, 0) is 0 Å². The molecule has 0 spiro atoms. The first kappa shape index (κ1) is 29.4. The van der Waals surface area contributed by atoms with Crippen LogP contribution in [0, 0.1) is 0 Å². The average Bonchev–Trinajstić information content (AvgIpc) is 3.94. The highest BCUT2D eigenvalue weighted by molar-refractivity contribution is 6.13. The van der Waals surface area contributed by atoms with Crippen molar-refractivity contribution in [1.82, 2.24) is 19.9 Å². The van der Waals surface area contributed by atoms with E-state index in [4.69, 9.17) is 28.2 Å². The molecule has 7 aromatic carbocycles. The van der Waals surface area contributed by atoms with E-state index in [-0.39, 0.29) is 0 Å². The number of benzene rings is 7. The van der Waals surface area contributed by atoms with Crippen molar-refractivity contribution in [2.24, 2.45) is 0 Å². The van der Waals surface area contributed by atoms with Crippen LogP contribution in [0.5, 0.6) is 0 Å². The maximum Gasteiger partial charge on any atom is 0.227 e. The van der Waals surface area contributed by atoms with Gasteiger partial charge in [0.05, 0.1) is 0 Å². The summed E-state index contributed by atoms with van der Waals surface area (Å²) in [5.74, 6) is 2.29. The van der Waals surface area contributed by atoms with Gasteiger partial charge in [0.15, 0.2) is 23.1 Å². The molecule has 0 radical (unpaired) electrons. The second-order valence-electron chi connectivity index (χ2n) is 13.0. The topological polar surface area (TPSA) is 91.0 Å². The van der Waals surface area contributed by atoms with Crippen LogP contribution in [0.1, 0.15) is 0 Å². The molecule has 0 aliphatic rings. The molecule has 0 saturated carbocycles. The summed E-state index contributed by atoms with van der Waals surface area (Å²) in [5, 5.41) is 4.04. The Morgan fingerprint density at radius 1 is 0.321 bits per heavy atom. The van der Waals surface area contributed by atoms with E-state index in [1.165, 1.54) is 0 Å². The van der Waals surface area contributed by atoms with Crippen LogP contribution in [0.3, 0.4) is 0 Å². The first-order valence-corrected chi connectivity index (χ1v) is 17.4. The van der Waals surface area contributed by atoms with Crippen molar-refractivity contribution < 1.29 is 13.3 Å². The largest absolute Gasteiger partial charge is 0.456 e. The van der Waals surface area contributed by atoms with Gasteiger partial charge in [-0.15, -0.1) is 0 Å². The standard InChI is InChI=1S/C46H26N4O3/c1-2-9-28(10-3-1)43-48-44(31-21-23-33-32-11-4-6-14-37(32)52-41(33)26-31)50-45(49-43)34-12-8-16-40-42(34)35-25-30(22-24-38(35)51-40)27-17-19-29(20-18-27)46-47-36-13-5-7-15-39(36)53-46/h1-26H. The van der Waals surface area contributed by atoms with Crippen LogP contribution in [0.25, 0.3) is 112 Å². The molecular formula is C46H26N4O3. The zero-order valence-electron chi connectivity index (χ0n) is 28.0. The summed E-state index contributed by atoms with van der Waals surface area (Å²) in [6, 6.07) is 52.6. The van der Waals surface area contributed by atoms with Gasteiger partial charge in [0.1, 0.15) is 27.8 Å². The van der Waals surface area contributed by atoms with E-state index in [1.54, 1.807) is 0 Å². The van der Waals surface area contributed by atoms with E-state index >= 15 is 0 Å². The van der Waals surface area contributed by atoms with Crippen LogP contribution in [0.15, 0.2) is 171 Å². The van der Waals surface area contributed by atoms with Crippen molar-refractivity contribution in [2.75, 3.05) is 0 Å². The zero-order chi connectivity index (χ0) is 34.9. The molecule has 0 aliphatic carbocycles. The van der Waals surface area contributed by atoms with Crippen molar-refractivity contribution in [2.45, 2.75) is 0 Å². The maximum absolute atomic E-state index is 6.41. The first-order chi connectivity index (χ1) is 26.2. The lowest BCUT2D eigenvalue weighted by atomic mass is 9.99. The Kier molecular flexibility index (Phi) is 6.42. The van der Waals surface area contributed by atoms with E-state index in [2.05, 4.69) is 47.4 Å². The lowest BCUT2D eigenvalue weighted by Crippen LogP contribution is -2.00. The van der Waals surface area contributed by atoms with Crippen molar-refractivity contribution in [3.63, 3.8) is 0 Å². The molecule has 4 aromatic heterocycles. The second kappa shape index (κ2) is 11.6. The zero-order valence-corrected chi connectivity index (χ0v) is 28.0. The van der Waals surface area contributed by atoms with E-state index in [0.717, 1.165) is 88.4 Å². The SMILES string of the molecule is c1ccc(-c2nc(-c3ccc4c(c3)oc3ccccc34)nc(-c3cccc4oc5ccc(-c6ccc(-c7nc8ccccc8o7)cc6)cc5c34)n2)cc1. The molecule has 0 amide bonds. The van der Waals surface area contributed by atoms with E-state index < -0.39 is 0 Å². The molecule has 53 heavy (non-hydrogen) atoms. The predicted octanol–water partition coefficient (Wildman–Crippen LogP) is 12.1. The van der Waals surface area contributed by atoms with Gasteiger partial charge in [-0.3, -0.25) is 0 Å². The van der Waals surface area contributed by atoms with Crippen LogP contribution < -0.4 is 0 Å². The quantitative estimate of drug-likeness (QED) is 0.178. The van der Waals surface area contributed by atoms with Gasteiger partial charge in [-0.05, 0) is 71.8 Å². The minimum absolute atomic E-state index is 0.556. The Balaban J connectivity index is 1.05. The molecule has 0 bridgehead atoms. The molecule has 0 fully saturated rings. The molecule has 4 heterocycles. The van der Waals surface area contributed by atoms with Gasteiger partial charge in [0.25, 0.3) is 0 Å². The molecule has 7 nitrogen and oxygen atoms in total. The fourth-order valence-corrected chi connectivity index (χ4v) is 7.20.